The number of hydrogen-bond acceptors (Lipinski definition) is 3. The van der Waals surface area contributed by atoms with Gasteiger partial charge in [-0.05, 0) is 43.2 Å². The molecule has 116 valence electrons. The molecule has 0 aliphatic heterocycles. The number of rotatable bonds is 6. The van der Waals surface area contributed by atoms with Crippen LogP contribution in [0.3, 0.4) is 0 Å². The summed E-state index contributed by atoms with van der Waals surface area (Å²) < 4.78 is 5.73. The van der Waals surface area contributed by atoms with Crippen molar-refractivity contribution >= 4 is 17.3 Å². The number of nitrogen functional groups attached to an aromatic ring is 1. The highest BCUT2D eigenvalue weighted by molar-refractivity contribution is 6.06. The number of unbranched alkanes of at least 4 members (excludes halogenated alkanes) is 1. The lowest BCUT2D eigenvalue weighted by Gasteiger charge is -2.13. The lowest BCUT2D eigenvalue weighted by molar-refractivity contribution is 0.102. The zero-order valence-corrected chi connectivity index (χ0v) is 13.1. The molecule has 0 saturated carbocycles. The highest BCUT2D eigenvalue weighted by Gasteiger charge is 2.12. The van der Waals surface area contributed by atoms with Crippen LogP contribution in [0.5, 0.6) is 5.75 Å². The van der Waals surface area contributed by atoms with Crippen molar-refractivity contribution in [2.75, 3.05) is 17.7 Å². The summed E-state index contributed by atoms with van der Waals surface area (Å²) in [6.07, 6.45) is 2.05. The van der Waals surface area contributed by atoms with Crippen molar-refractivity contribution in [2.45, 2.75) is 26.7 Å². The number of anilines is 2. The third kappa shape index (κ3) is 4.01. The topological polar surface area (TPSA) is 64.3 Å². The Morgan fingerprint density at radius 3 is 2.77 bits per heavy atom. The number of para-hydroxylation sites is 2. The molecule has 0 bridgehead atoms. The van der Waals surface area contributed by atoms with Crippen LogP contribution in [0.4, 0.5) is 11.4 Å². The molecule has 4 nitrogen and oxygen atoms in total. The Bertz CT molecular complexity index is 653. The zero-order chi connectivity index (χ0) is 15.9. The molecule has 0 radical (unpaired) electrons. The predicted molar refractivity (Wildman–Crippen MR) is 90.4 cm³/mol. The van der Waals surface area contributed by atoms with Crippen molar-refractivity contribution in [3.8, 4) is 5.75 Å². The lowest BCUT2D eigenvalue weighted by atomic mass is 10.1. The number of benzene rings is 2. The van der Waals surface area contributed by atoms with Gasteiger partial charge in [0.2, 0.25) is 0 Å². The second-order valence-electron chi connectivity index (χ2n) is 5.23. The molecular weight excluding hydrogens is 276 g/mol. The quantitative estimate of drug-likeness (QED) is 0.625. The minimum Gasteiger partial charge on any atom is -0.491 e. The highest BCUT2D eigenvalue weighted by Crippen LogP contribution is 2.25. The van der Waals surface area contributed by atoms with E-state index < -0.39 is 0 Å². The molecule has 0 spiro atoms. The first-order valence-corrected chi connectivity index (χ1v) is 7.51. The fourth-order valence-electron chi connectivity index (χ4n) is 2.10. The highest BCUT2D eigenvalue weighted by atomic mass is 16.5. The molecule has 0 heterocycles. The summed E-state index contributed by atoms with van der Waals surface area (Å²) in [5.74, 6) is 0.502. The normalized spacial score (nSPS) is 10.3. The Morgan fingerprint density at radius 1 is 1.23 bits per heavy atom. The standard InChI is InChI=1S/C18H22N2O2/c1-3-4-11-22-17-8-6-5-7-16(17)20-18(21)15-12-14(19)10-9-13(15)2/h5-10,12H,3-4,11,19H2,1-2H3,(H,20,21). The number of nitrogens with two attached hydrogens (primary N) is 1. The molecule has 1 amide bonds. The number of nitrogens with one attached hydrogen (secondary N) is 1. The minimum atomic E-state index is -0.184. The van der Waals surface area contributed by atoms with Gasteiger partial charge in [-0.25, -0.2) is 0 Å². The average Bonchev–Trinajstić information content (AvgIpc) is 2.51. The van der Waals surface area contributed by atoms with Crippen molar-refractivity contribution in [1.29, 1.82) is 0 Å². The van der Waals surface area contributed by atoms with Crippen molar-refractivity contribution in [2.24, 2.45) is 0 Å². The zero-order valence-electron chi connectivity index (χ0n) is 13.1. The number of amides is 1. The number of hydrogen-bond donors (Lipinski definition) is 2. The Kier molecular flexibility index (Phi) is 5.42. The Labute approximate surface area is 131 Å². The largest absolute Gasteiger partial charge is 0.491 e. The van der Waals surface area contributed by atoms with Crippen molar-refractivity contribution in [3.63, 3.8) is 0 Å². The fraction of sp³-hybridized carbons (Fsp3) is 0.278. The van der Waals surface area contributed by atoms with Crippen LogP contribution in [0.1, 0.15) is 35.7 Å². The van der Waals surface area contributed by atoms with Gasteiger partial charge in [-0.3, -0.25) is 4.79 Å². The van der Waals surface area contributed by atoms with Crippen molar-refractivity contribution in [3.05, 3.63) is 53.6 Å². The molecule has 4 heteroatoms. The first-order valence-electron chi connectivity index (χ1n) is 7.51. The average molecular weight is 298 g/mol. The molecule has 2 aromatic rings. The van der Waals surface area contributed by atoms with Crippen LogP contribution in [0.25, 0.3) is 0 Å². The monoisotopic (exact) mass is 298 g/mol. The molecule has 22 heavy (non-hydrogen) atoms. The lowest BCUT2D eigenvalue weighted by Crippen LogP contribution is -2.14. The third-order valence-electron chi connectivity index (χ3n) is 3.40. The second kappa shape index (κ2) is 7.50. The number of carbonyl (C=O) groups is 1. The van der Waals surface area contributed by atoms with E-state index in [1.54, 1.807) is 12.1 Å². The smallest absolute Gasteiger partial charge is 0.256 e. The summed E-state index contributed by atoms with van der Waals surface area (Å²) in [5.41, 5.74) is 8.47. The molecule has 2 aromatic carbocycles. The third-order valence-corrected chi connectivity index (χ3v) is 3.40. The summed E-state index contributed by atoms with van der Waals surface area (Å²) in [4.78, 5) is 12.4. The summed E-state index contributed by atoms with van der Waals surface area (Å²) in [6, 6.07) is 12.8. The molecule has 2 rings (SSSR count). The Morgan fingerprint density at radius 2 is 2.00 bits per heavy atom. The van der Waals surface area contributed by atoms with Gasteiger partial charge >= 0.3 is 0 Å². The van der Waals surface area contributed by atoms with Crippen LogP contribution in [0.2, 0.25) is 0 Å². The van der Waals surface area contributed by atoms with Gasteiger partial charge in [0, 0.05) is 11.3 Å². The van der Waals surface area contributed by atoms with Crippen molar-refractivity contribution in [1.82, 2.24) is 0 Å². The molecule has 0 unspecified atom stereocenters. The number of carbonyl (C=O) groups excluding carboxylic acids is 1. The predicted octanol–water partition coefficient (Wildman–Crippen LogP) is 4.01. The van der Waals surface area contributed by atoms with Gasteiger partial charge in [0.25, 0.3) is 5.91 Å². The molecule has 0 aliphatic rings. The van der Waals surface area contributed by atoms with E-state index in [9.17, 15) is 4.79 Å². The summed E-state index contributed by atoms with van der Waals surface area (Å²) in [6.45, 7) is 4.64. The number of aryl methyl sites for hydroxylation is 1. The van der Waals surface area contributed by atoms with Crippen LogP contribution in [-0.4, -0.2) is 12.5 Å². The van der Waals surface area contributed by atoms with Gasteiger partial charge in [0.15, 0.2) is 0 Å². The summed E-state index contributed by atoms with van der Waals surface area (Å²) >= 11 is 0. The van der Waals surface area contributed by atoms with Gasteiger partial charge in [0.05, 0.1) is 12.3 Å². The van der Waals surface area contributed by atoms with E-state index in [1.807, 2.05) is 37.3 Å². The first-order chi connectivity index (χ1) is 10.6. The van der Waals surface area contributed by atoms with E-state index in [0.717, 1.165) is 18.4 Å². The van der Waals surface area contributed by atoms with Gasteiger partial charge in [-0.15, -0.1) is 0 Å². The second-order valence-corrected chi connectivity index (χ2v) is 5.23. The van der Waals surface area contributed by atoms with Crippen LogP contribution in [-0.2, 0) is 0 Å². The molecule has 0 aliphatic carbocycles. The minimum absolute atomic E-state index is 0.184. The van der Waals surface area contributed by atoms with E-state index in [4.69, 9.17) is 10.5 Å². The Hall–Kier alpha value is -2.49. The first kappa shape index (κ1) is 15.9. The van der Waals surface area contributed by atoms with E-state index in [-0.39, 0.29) is 5.91 Å². The van der Waals surface area contributed by atoms with Gasteiger partial charge in [-0.1, -0.05) is 31.5 Å². The molecular formula is C18H22N2O2. The molecule has 0 saturated heterocycles. The summed E-state index contributed by atoms with van der Waals surface area (Å²) in [7, 11) is 0. The van der Waals surface area contributed by atoms with E-state index in [1.165, 1.54) is 0 Å². The molecule has 0 atom stereocenters. The maximum Gasteiger partial charge on any atom is 0.256 e. The SMILES string of the molecule is CCCCOc1ccccc1NC(=O)c1cc(N)ccc1C. The van der Waals surface area contributed by atoms with E-state index >= 15 is 0 Å². The van der Waals surface area contributed by atoms with Crippen LogP contribution < -0.4 is 15.8 Å². The fourth-order valence-corrected chi connectivity index (χ4v) is 2.10. The van der Waals surface area contributed by atoms with Crippen LogP contribution in [0.15, 0.2) is 42.5 Å². The summed E-state index contributed by atoms with van der Waals surface area (Å²) in [5, 5.41) is 2.90. The van der Waals surface area contributed by atoms with E-state index in [0.29, 0.717) is 29.3 Å². The van der Waals surface area contributed by atoms with Gasteiger partial charge in [-0.2, -0.15) is 0 Å². The Balaban J connectivity index is 2.16. The number of ether oxygens (including phenoxy) is 1. The molecule has 3 N–H and O–H groups in total. The van der Waals surface area contributed by atoms with Crippen LogP contribution in [0, 0.1) is 6.92 Å². The van der Waals surface area contributed by atoms with Gasteiger partial charge < -0.3 is 15.8 Å². The molecule has 0 aromatic heterocycles. The van der Waals surface area contributed by atoms with Crippen molar-refractivity contribution < 1.29 is 9.53 Å². The maximum atomic E-state index is 12.4. The van der Waals surface area contributed by atoms with E-state index in [2.05, 4.69) is 12.2 Å². The maximum absolute atomic E-state index is 12.4. The van der Waals surface area contributed by atoms with Crippen LogP contribution >= 0.6 is 0 Å². The molecule has 0 fully saturated rings. The van der Waals surface area contributed by atoms with Gasteiger partial charge in [0.1, 0.15) is 5.75 Å².